The highest BCUT2D eigenvalue weighted by Crippen LogP contribution is 2.50. The van der Waals surface area contributed by atoms with Crippen LogP contribution in [0.4, 0.5) is 5.95 Å². The molecule has 0 saturated heterocycles. The Morgan fingerprint density at radius 1 is 0.971 bits per heavy atom. The van der Waals surface area contributed by atoms with Crippen LogP contribution in [0, 0.1) is 6.92 Å². The molecule has 7 heteroatoms. The molecule has 3 aromatic carbocycles. The number of thioether (sulfide) groups is 1. The third-order valence-corrected chi connectivity index (χ3v) is 6.89. The average molecular weight is 469 g/mol. The van der Waals surface area contributed by atoms with Gasteiger partial charge in [0.25, 0.3) is 0 Å². The number of rotatable bonds is 4. The van der Waals surface area contributed by atoms with Gasteiger partial charge < -0.3 is 14.8 Å². The molecule has 6 rings (SSSR count). The normalized spacial score (nSPS) is 18.3. The first-order valence-electron chi connectivity index (χ1n) is 11.1. The Hall–Kier alpha value is -3.71. The zero-order valence-electron chi connectivity index (χ0n) is 19.1. The smallest absolute Gasteiger partial charge is 0.227 e. The quantitative estimate of drug-likeness (QED) is 0.378. The number of hydrogen-bond acceptors (Lipinski definition) is 6. The summed E-state index contributed by atoms with van der Waals surface area (Å²) in [7, 11) is 1.68. The summed E-state index contributed by atoms with van der Waals surface area (Å²) in [5.74, 6) is 2.39. The van der Waals surface area contributed by atoms with Crippen LogP contribution in [-0.2, 0) is 0 Å². The number of benzene rings is 3. The van der Waals surface area contributed by atoms with Crippen molar-refractivity contribution >= 4 is 23.4 Å². The highest BCUT2D eigenvalue weighted by molar-refractivity contribution is 7.98. The van der Waals surface area contributed by atoms with Crippen LogP contribution in [0.3, 0.4) is 0 Å². The molecule has 0 spiro atoms. The summed E-state index contributed by atoms with van der Waals surface area (Å²) >= 11 is 1.53. The molecule has 1 N–H and O–H groups in total. The van der Waals surface area contributed by atoms with Gasteiger partial charge in [0.05, 0.1) is 12.8 Å². The van der Waals surface area contributed by atoms with E-state index in [-0.39, 0.29) is 12.1 Å². The highest BCUT2D eigenvalue weighted by Gasteiger charge is 2.41. The first kappa shape index (κ1) is 20.9. The first-order valence-corrected chi connectivity index (χ1v) is 12.4. The number of aromatic nitrogens is 3. The third kappa shape index (κ3) is 3.35. The maximum Gasteiger partial charge on any atom is 0.227 e. The van der Waals surface area contributed by atoms with Crippen LogP contribution in [-0.4, -0.2) is 28.1 Å². The molecule has 2 aliphatic rings. The summed E-state index contributed by atoms with van der Waals surface area (Å²) in [4.78, 5) is 4.76. The molecule has 0 unspecified atom stereocenters. The van der Waals surface area contributed by atoms with Gasteiger partial charge in [-0.05, 0) is 48.6 Å². The van der Waals surface area contributed by atoms with Gasteiger partial charge >= 0.3 is 0 Å². The number of anilines is 1. The Morgan fingerprint density at radius 2 is 1.71 bits per heavy atom. The SMILES string of the molecule is COc1ccc([C@@H]2C3=C(Nc4nc(SC)nn42)c2ccccc2O[C@@H]3c2ccc(C)cc2)cc1. The van der Waals surface area contributed by atoms with Crippen LogP contribution >= 0.6 is 11.8 Å². The molecule has 0 amide bonds. The molecule has 0 aliphatic carbocycles. The van der Waals surface area contributed by atoms with E-state index in [1.54, 1.807) is 7.11 Å². The average Bonchev–Trinajstić information content (AvgIpc) is 3.30. The summed E-state index contributed by atoms with van der Waals surface area (Å²) < 4.78 is 14.1. The van der Waals surface area contributed by atoms with Crippen molar-refractivity contribution in [2.45, 2.75) is 24.2 Å². The van der Waals surface area contributed by atoms with Gasteiger partial charge in [0.2, 0.25) is 11.1 Å². The molecule has 1 aromatic heterocycles. The molecule has 34 heavy (non-hydrogen) atoms. The lowest BCUT2D eigenvalue weighted by Gasteiger charge is -2.39. The molecule has 170 valence electrons. The van der Waals surface area contributed by atoms with Gasteiger partial charge in [-0.15, -0.1) is 5.10 Å². The second kappa shape index (κ2) is 8.25. The second-order valence-electron chi connectivity index (χ2n) is 8.40. The first-order chi connectivity index (χ1) is 16.7. The van der Waals surface area contributed by atoms with Crippen molar-refractivity contribution in [3.63, 3.8) is 0 Å². The zero-order valence-corrected chi connectivity index (χ0v) is 20.0. The lowest BCUT2D eigenvalue weighted by atomic mass is 9.84. The van der Waals surface area contributed by atoms with Gasteiger partial charge in [-0.25, -0.2) is 4.68 Å². The zero-order chi connectivity index (χ0) is 23.2. The molecule has 2 atom stereocenters. The molecular formula is C27H24N4O2S. The van der Waals surface area contributed by atoms with Gasteiger partial charge in [0.1, 0.15) is 23.6 Å². The van der Waals surface area contributed by atoms with Gasteiger partial charge in [-0.3, -0.25) is 0 Å². The van der Waals surface area contributed by atoms with E-state index in [1.807, 2.05) is 41.3 Å². The van der Waals surface area contributed by atoms with Crippen molar-refractivity contribution in [1.29, 1.82) is 0 Å². The summed E-state index contributed by atoms with van der Waals surface area (Å²) in [5.41, 5.74) is 6.57. The standard InChI is InChI=1S/C27H24N4O2S/c1-16-8-10-18(11-9-16)25-22-23(20-6-4-5-7-21(20)33-25)28-26-29-27(34-3)30-31(26)24(22)17-12-14-19(32-2)15-13-17/h4-15,24-25H,1-3H3,(H,28,29,30)/t24-,25-/m1/s1. The Bertz CT molecular complexity index is 1390. The van der Waals surface area contributed by atoms with Crippen LogP contribution < -0.4 is 14.8 Å². The van der Waals surface area contributed by atoms with Crippen LogP contribution in [0.2, 0.25) is 0 Å². The Labute approximate surface area is 202 Å². The molecule has 6 nitrogen and oxygen atoms in total. The van der Waals surface area contributed by atoms with Crippen LogP contribution in [0.5, 0.6) is 11.5 Å². The van der Waals surface area contributed by atoms with E-state index in [4.69, 9.17) is 19.6 Å². The minimum absolute atomic E-state index is 0.190. The lowest BCUT2D eigenvalue weighted by Crippen LogP contribution is -2.32. The molecular weight excluding hydrogens is 444 g/mol. The van der Waals surface area contributed by atoms with Crippen molar-refractivity contribution in [2.75, 3.05) is 18.7 Å². The van der Waals surface area contributed by atoms with Crippen LogP contribution in [0.25, 0.3) is 5.70 Å². The van der Waals surface area contributed by atoms with Crippen molar-refractivity contribution < 1.29 is 9.47 Å². The number of hydrogen-bond donors (Lipinski definition) is 1. The summed E-state index contributed by atoms with van der Waals surface area (Å²) in [6.45, 7) is 2.10. The predicted molar refractivity (Wildman–Crippen MR) is 134 cm³/mol. The molecule has 0 saturated carbocycles. The van der Waals surface area contributed by atoms with Crippen molar-refractivity contribution in [3.05, 3.63) is 101 Å². The summed E-state index contributed by atoms with van der Waals surface area (Å²) in [5, 5.41) is 9.16. The number of para-hydroxylation sites is 1. The number of nitrogens with one attached hydrogen (secondary N) is 1. The van der Waals surface area contributed by atoms with E-state index in [9.17, 15) is 0 Å². The molecule has 2 aliphatic heterocycles. The lowest BCUT2D eigenvalue weighted by molar-refractivity contribution is 0.223. The van der Waals surface area contributed by atoms with E-state index in [0.717, 1.165) is 50.6 Å². The number of methoxy groups -OCH3 is 1. The highest BCUT2D eigenvalue weighted by atomic mass is 32.2. The molecule has 4 aromatic rings. The Morgan fingerprint density at radius 3 is 2.44 bits per heavy atom. The fraction of sp³-hybridized carbons (Fsp3) is 0.185. The van der Waals surface area contributed by atoms with Crippen molar-refractivity contribution in [1.82, 2.24) is 14.8 Å². The van der Waals surface area contributed by atoms with E-state index >= 15 is 0 Å². The maximum atomic E-state index is 6.68. The van der Waals surface area contributed by atoms with Gasteiger partial charge in [-0.2, -0.15) is 4.98 Å². The van der Waals surface area contributed by atoms with E-state index < -0.39 is 0 Å². The topological polar surface area (TPSA) is 61.2 Å². The molecule has 3 heterocycles. The summed E-state index contributed by atoms with van der Waals surface area (Å²) in [6.07, 6.45) is 1.71. The van der Waals surface area contributed by atoms with Crippen molar-refractivity contribution in [2.24, 2.45) is 0 Å². The Kier molecular flexibility index (Phi) is 5.07. The number of ether oxygens (including phenoxy) is 2. The Balaban J connectivity index is 1.61. The molecule has 0 bridgehead atoms. The summed E-state index contributed by atoms with van der Waals surface area (Å²) in [6, 6.07) is 24.7. The van der Waals surface area contributed by atoms with Crippen LogP contribution in [0.1, 0.15) is 34.4 Å². The number of nitrogens with zero attached hydrogens (tertiary/aromatic N) is 3. The predicted octanol–water partition coefficient (Wildman–Crippen LogP) is 5.88. The number of aryl methyl sites for hydroxylation is 1. The fourth-order valence-electron chi connectivity index (χ4n) is 4.67. The largest absolute Gasteiger partial charge is 0.497 e. The monoisotopic (exact) mass is 468 g/mol. The second-order valence-corrected chi connectivity index (χ2v) is 9.18. The van der Waals surface area contributed by atoms with Crippen LogP contribution in [0.15, 0.2) is 83.5 Å². The number of fused-ring (bicyclic) bond motifs is 3. The van der Waals surface area contributed by atoms with Crippen molar-refractivity contribution in [3.8, 4) is 11.5 Å². The van der Waals surface area contributed by atoms with Gasteiger partial charge in [0.15, 0.2) is 0 Å². The van der Waals surface area contributed by atoms with Gasteiger partial charge in [-0.1, -0.05) is 65.9 Å². The van der Waals surface area contributed by atoms with E-state index in [1.165, 1.54) is 17.3 Å². The third-order valence-electron chi connectivity index (χ3n) is 6.35. The minimum atomic E-state index is -0.278. The molecule has 0 radical (unpaired) electrons. The fourth-order valence-corrected chi connectivity index (χ4v) is 5.01. The van der Waals surface area contributed by atoms with Gasteiger partial charge in [0, 0.05) is 11.1 Å². The maximum absolute atomic E-state index is 6.68. The minimum Gasteiger partial charge on any atom is -0.497 e. The molecule has 0 fully saturated rings. The van der Waals surface area contributed by atoms with E-state index in [2.05, 4.69) is 54.7 Å². The van der Waals surface area contributed by atoms with E-state index in [0.29, 0.717) is 0 Å².